The maximum Gasteiger partial charge on any atom is 0.239 e. The maximum absolute atomic E-state index is 13.5. The number of halogens is 2. The molecule has 0 radical (unpaired) electrons. The van der Waals surface area contributed by atoms with E-state index in [9.17, 15) is 17.6 Å². The molecule has 0 saturated heterocycles. The topological polar surface area (TPSA) is 99.7 Å². The molecular weight excluding hydrogens is 474 g/mol. The Morgan fingerprint density at radius 1 is 1.12 bits per heavy atom. The average Bonchev–Trinajstić information content (AvgIpc) is 2.51. The highest BCUT2D eigenvalue weighted by Gasteiger charge is 2.11. The number of hydrogen-bond acceptors (Lipinski definition) is 4. The van der Waals surface area contributed by atoms with Crippen LogP contribution in [0.3, 0.4) is 0 Å². The molecular formula is C16H26FIN4O3S. The first-order valence-electron chi connectivity index (χ1n) is 7.99. The lowest BCUT2D eigenvalue weighted by molar-refractivity contribution is -0.119. The van der Waals surface area contributed by atoms with Crippen LogP contribution in [0.2, 0.25) is 0 Å². The summed E-state index contributed by atoms with van der Waals surface area (Å²) in [6.07, 6.45) is 1.13. The monoisotopic (exact) mass is 500 g/mol. The molecule has 1 aromatic carbocycles. The van der Waals surface area contributed by atoms with Crippen LogP contribution in [0, 0.1) is 5.82 Å². The predicted octanol–water partition coefficient (Wildman–Crippen LogP) is 1.18. The zero-order valence-corrected chi connectivity index (χ0v) is 18.3. The number of carbonyl (C=O) groups excluding carboxylic acids is 1. The van der Waals surface area contributed by atoms with Crippen molar-refractivity contribution in [1.82, 2.24) is 16.0 Å². The maximum atomic E-state index is 13.5. The van der Waals surface area contributed by atoms with E-state index in [1.807, 2.05) is 13.8 Å². The highest BCUT2D eigenvalue weighted by atomic mass is 127. The van der Waals surface area contributed by atoms with Gasteiger partial charge in [0.25, 0.3) is 0 Å². The van der Waals surface area contributed by atoms with E-state index in [4.69, 9.17) is 0 Å². The second kappa shape index (κ2) is 12.0. The Kier molecular flexibility index (Phi) is 11.4. The Morgan fingerprint density at radius 2 is 1.77 bits per heavy atom. The van der Waals surface area contributed by atoms with Gasteiger partial charge in [-0.05, 0) is 37.1 Å². The zero-order valence-electron chi connectivity index (χ0n) is 15.1. The molecule has 26 heavy (non-hydrogen) atoms. The lowest BCUT2D eigenvalue weighted by atomic mass is 10.1. The van der Waals surface area contributed by atoms with Crippen molar-refractivity contribution in [2.75, 3.05) is 25.9 Å². The molecule has 0 bridgehead atoms. The number of amides is 1. The molecule has 0 aliphatic heterocycles. The summed E-state index contributed by atoms with van der Waals surface area (Å²) in [5.41, 5.74) is 0.993. The summed E-state index contributed by atoms with van der Waals surface area (Å²) in [7, 11) is -3.24. The first-order valence-corrected chi connectivity index (χ1v) is 10.0. The quantitative estimate of drug-likeness (QED) is 0.283. The van der Waals surface area contributed by atoms with Gasteiger partial charge in [-0.3, -0.25) is 4.79 Å². The van der Waals surface area contributed by atoms with Crippen LogP contribution in [0.15, 0.2) is 23.2 Å². The van der Waals surface area contributed by atoms with Gasteiger partial charge in [0.2, 0.25) is 5.91 Å². The Bertz CT molecular complexity index is 726. The van der Waals surface area contributed by atoms with Crippen molar-refractivity contribution in [3.05, 3.63) is 35.1 Å². The number of carbonyl (C=O) groups is 1. The van der Waals surface area contributed by atoms with Gasteiger partial charge in [0, 0.05) is 19.3 Å². The molecule has 0 fully saturated rings. The lowest BCUT2D eigenvalue weighted by Gasteiger charge is -2.12. The van der Waals surface area contributed by atoms with Gasteiger partial charge in [0.1, 0.15) is 5.82 Å². The van der Waals surface area contributed by atoms with Crippen LogP contribution in [0.1, 0.15) is 25.0 Å². The fraction of sp³-hybridized carbons (Fsp3) is 0.500. The molecule has 0 atom stereocenters. The van der Waals surface area contributed by atoms with E-state index < -0.39 is 15.7 Å². The van der Waals surface area contributed by atoms with E-state index in [1.54, 1.807) is 0 Å². The van der Waals surface area contributed by atoms with Crippen molar-refractivity contribution in [3.63, 3.8) is 0 Å². The van der Waals surface area contributed by atoms with Crippen molar-refractivity contribution in [1.29, 1.82) is 0 Å². The van der Waals surface area contributed by atoms with Crippen LogP contribution in [0.5, 0.6) is 0 Å². The van der Waals surface area contributed by atoms with Gasteiger partial charge in [-0.25, -0.2) is 17.8 Å². The summed E-state index contributed by atoms with van der Waals surface area (Å²) in [5, 5.41) is 8.51. The summed E-state index contributed by atoms with van der Waals surface area (Å²) in [5.74, 6) is -0.413. The number of likely N-dealkylation sites (N-methyl/N-ethyl adjacent to an activating group) is 1. The Labute approximate surface area is 171 Å². The molecule has 148 valence electrons. The summed E-state index contributed by atoms with van der Waals surface area (Å²) in [6, 6.07) is 3.96. The van der Waals surface area contributed by atoms with Gasteiger partial charge in [0.05, 0.1) is 18.8 Å². The van der Waals surface area contributed by atoms with E-state index in [1.165, 1.54) is 18.2 Å². The molecule has 0 saturated carbocycles. The van der Waals surface area contributed by atoms with Crippen molar-refractivity contribution in [3.8, 4) is 0 Å². The third-order valence-electron chi connectivity index (χ3n) is 3.13. The Balaban J connectivity index is 0.00000625. The fourth-order valence-corrected chi connectivity index (χ4v) is 2.94. The predicted molar refractivity (Wildman–Crippen MR) is 112 cm³/mol. The largest absolute Gasteiger partial charge is 0.357 e. The molecule has 0 aliphatic rings. The number of benzene rings is 1. The van der Waals surface area contributed by atoms with Crippen molar-refractivity contribution in [2.24, 2.45) is 4.99 Å². The SMILES string of the molecule is CCNC(=O)CNC(=NCc1cc(F)ccc1CS(C)(=O)=O)NCC.I. The van der Waals surface area contributed by atoms with Crippen LogP contribution in [0.25, 0.3) is 0 Å². The molecule has 3 N–H and O–H groups in total. The first kappa shape index (κ1) is 24.6. The van der Waals surface area contributed by atoms with E-state index in [2.05, 4.69) is 20.9 Å². The van der Waals surface area contributed by atoms with E-state index in [0.29, 0.717) is 30.2 Å². The summed E-state index contributed by atoms with van der Waals surface area (Å²) in [6.45, 7) is 4.96. The molecule has 0 spiro atoms. The molecule has 1 aromatic rings. The minimum atomic E-state index is -3.24. The molecule has 0 heterocycles. The third kappa shape index (κ3) is 9.90. The molecule has 0 unspecified atom stereocenters. The fourth-order valence-electron chi connectivity index (χ4n) is 2.09. The highest BCUT2D eigenvalue weighted by molar-refractivity contribution is 14.0. The van der Waals surface area contributed by atoms with Gasteiger partial charge < -0.3 is 16.0 Å². The van der Waals surface area contributed by atoms with Crippen LogP contribution in [-0.4, -0.2) is 46.2 Å². The molecule has 1 amide bonds. The van der Waals surface area contributed by atoms with Gasteiger partial charge in [-0.2, -0.15) is 0 Å². The van der Waals surface area contributed by atoms with Crippen LogP contribution < -0.4 is 16.0 Å². The minimum Gasteiger partial charge on any atom is -0.357 e. The molecule has 1 rings (SSSR count). The second-order valence-corrected chi connectivity index (χ2v) is 7.63. The zero-order chi connectivity index (χ0) is 18.9. The number of sulfone groups is 1. The Hall–Kier alpha value is -1.43. The standard InChI is InChI=1S/C16H25FN4O3S.HI/c1-4-18-15(22)10-21-16(19-5-2)20-9-13-8-14(17)7-6-12(13)11-25(3,23)24;/h6-8H,4-5,9-11H2,1-3H3,(H,18,22)(H2,19,20,21);1H. The second-order valence-electron chi connectivity index (χ2n) is 5.49. The van der Waals surface area contributed by atoms with Crippen molar-refractivity contribution < 1.29 is 17.6 Å². The molecule has 0 aliphatic carbocycles. The normalized spacial score (nSPS) is 11.5. The summed E-state index contributed by atoms with van der Waals surface area (Å²) >= 11 is 0. The number of guanidine groups is 1. The molecule has 0 aromatic heterocycles. The number of rotatable bonds is 8. The minimum absolute atomic E-state index is 0. The summed E-state index contributed by atoms with van der Waals surface area (Å²) in [4.78, 5) is 15.8. The van der Waals surface area contributed by atoms with Gasteiger partial charge in [0.15, 0.2) is 15.8 Å². The van der Waals surface area contributed by atoms with Crippen LogP contribution in [0.4, 0.5) is 4.39 Å². The lowest BCUT2D eigenvalue weighted by Crippen LogP contribution is -2.43. The van der Waals surface area contributed by atoms with Gasteiger partial charge in [-0.1, -0.05) is 6.07 Å². The van der Waals surface area contributed by atoms with Gasteiger partial charge in [-0.15, -0.1) is 24.0 Å². The van der Waals surface area contributed by atoms with Crippen LogP contribution >= 0.6 is 24.0 Å². The summed E-state index contributed by atoms with van der Waals surface area (Å²) < 4.78 is 36.5. The van der Waals surface area contributed by atoms with Crippen molar-refractivity contribution in [2.45, 2.75) is 26.1 Å². The van der Waals surface area contributed by atoms with E-state index in [0.717, 1.165) is 6.26 Å². The van der Waals surface area contributed by atoms with Gasteiger partial charge >= 0.3 is 0 Å². The number of hydrogen-bond donors (Lipinski definition) is 3. The smallest absolute Gasteiger partial charge is 0.239 e. The van der Waals surface area contributed by atoms with Crippen molar-refractivity contribution >= 4 is 45.7 Å². The van der Waals surface area contributed by atoms with E-state index >= 15 is 0 Å². The Morgan fingerprint density at radius 3 is 2.35 bits per heavy atom. The molecule has 7 nitrogen and oxygen atoms in total. The third-order valence-corrected chi connectivity index (χ3v) is 3.96. The van der Waals surface area contributed by atoms with Crippen LogP contribution in [-0.2, 0) is 26.9 Å². The highest BCUT2D eigenvalue weighted by Crippen LogP contribution is 2.15. The number of nitrogens with one attached hydrogen (secondary N) is 3. The number of nitrogens with zero attached hydrogens (tertiary/aromatic N) is 1. The average molecular weight is 500 g/mol. The first-order chi connectivity index (χ1) is 11.7. The number of aliphatic imine (C=N–C) groups is 1. The molecule has 10 heteroatoms. The van der Waals surface area contributed by atoms with E-state index in [-0.39, 0.29) is 48.7 Å².